The molecule has 0 aromatic heterocycles. The first kappa shape index (κ1) is 25.0. The van der Waals surface area contributed by atoms with Crippen molar-refractivity contribution in [3.05, 3.63) is 78.9 Å². The number of sulfonamides is 2. The van der Waals surface area contributed by atoms with Gasteiger partial charge in [-0.15, -0.1) is 0 Å². The van der Waals surface area contributed by atoms with Gasteiger partial charge in [0, 0.05) is 20.6 Å². The van der Waals surface area contributed by atoms with Crippen LogP contribution in [0.1, 0.15) is 12.8 Å². The highest BCUT2D eigenvalue weighted by Gasteiger charge is 2.25. The third kappa shape index (κ3) is 5.77. The molecule has 8 nitrogen and oxygen atoms in total. The highest BCUT2D eigenvalue weighted by atomic mass is 32.2. The Balaban J connectivity index is 1.53. The summed E-state index contributed by atoms with van der Waals surface area (Å²) < 4.78 is 60.7. The Labute approximate surface area is 207 Å². The first-order valence-corrected chi connectivity index (χ1v) is 14.2. The molecule has 4 rings (SSSR count). The van der Waals surface area contributed by atoms with Crippen LogP contribution in [0.25, 0.3) is 0 Å². The second-order valence-electron chi connectivity index (χ2n) is 8.52. The molecule has 10 heteroatoms. The topological polar surface area (TPSA) is 96.0 Å². The molecule has 0 spiro atoms. The molecule has 0 amide bonds. The number of nitrogens with zero attached hydrogens (tertiary/aromatic N) is 2. The average molecular weight is 516 g/mol. The number of nitrogens with one attached hydrogen (secondary N) is 1. The minimum Gasteiger partial charge on any atom is -0.489 e. The number of anilines is 2. The molecule has 0 bridgehead atoms. The Morgan fingerprint density at radius 2 is 1.49 bits per heavy atom. The Hall–Kier alpha value is -3.08. The number of piperidine rings is 1. The van der Waals surface area contributed by atoms with Gasteiger partial charge < -0.3 is 9.64 Å². The molecule has 35 heavy (non-hydrogen) atoms. The third-order valence-electron chi connectivity index (χ3n) is 5.83. The highest BCUT2D eigenvalue weighted by molar-refractivity contribution is 7.92. The van der Waals surface area contributed by atoms with Crippen molar-refractivity contribution in [2.24, 2.45) is 0 Å². The Morgan fingerprint density at radius 1 is 0.857 bits per heavy atom. The van der Waals surface area contributed by atoms with Gasteiger partial charge in [0.2, 0.25) is 10.0 Å². The molecule has 1 aliphatic heterocycles. The van der Waals surface area contributed by atoms with Crippen molar-refractivity contribution in [3.63, 3.8) is 0 Å². The van der Waals surface area contributed by atoms with Crippen molar-refractivity contribution >= 4 is 31.4 Å². The molecular formula is C25H29N3O5S2. The molecule has 0 saturated carbocycles. The van der Waals surface area contributed by atoms with Crippen LogP contribution in [0.4, 0.5) is 11.4 Å². The molecule has 3 aromatic rings. The van der Waals surface area contributed by atoms with Gasteiger partial charge in [-0.1, -0.05) is 30.3 Å². The molecule has 1 fully saturated rings. The lowest BCUT2D eigenvalue weighted by molar-refractivity contribution is 0.179. The van der Waals surface area contributed by atoms with Crippen LogP contribution in [0.15, 0.2) is 88.7 Å². The van der Waals surface area contributed by atoms with Crippen LogP contribution in [0.2, 0.25) is 0 Å². The van der Waals surface area contributed by atoms with E-state index in [1.807, 2.05) is 42.5 Å². The summed E-state index contributed by atoms with van der Waals surface area (Å²) in [6.07, 6.45) is 1.82. The zero-order chi connectivity index (χ0) is 25.1. The smallest absolute Gasteiger partial charge is 0.261 e. The predicted octanol–water partition coefficient (Wildman–Crippen LogP) is 3.79. The lowest BCUT2D eigenvalue weighted by Crippen LogP contribution is -2.41. The number of hydrogen-bond acceptors (Lipinski definition) is 6. The summed E-state index contributed by atoms with van der Waals surface area (Å²) in [5, 5.41) is 0. The largest absolute Gasteiger partial charge is 0.489 e. The first-order valence-electron chi connectivity index (χ1n) is 11.3. The predicted molar refractivity (Wildman–Crippen MR) is 137 cm³/mol. The van der Waals surface area contributed by atoms with Crippen LogP contribution in [0.3, 0.4) is 0 Å². The molecule has 0 radical (unpaired) electrons. The summed E-state index contributed by atoms with van der Waals surface area (Å²) in [6.45, 7) is 1.41. The summed E-state index contributed by atoms with van der Waals surface area (Å²) in [5.41, 5.74) is 1.22. The zero-order valence-corrected chi connectivity index (χ0v) is 21.3. The Kier molecular flexibility index (Phi) is 7.34. The molecule has 0 unspecified atom stereocenters. The minimum absolute atomic E-state index is 0.0120. The summed E-state index contributed by atoms with van der Waals surface area (Å²) in [6, 6.07) is 22.1. The van der Waals surface area contributed by atoms with Gasteiger partial charge in [0.15, 0.2) is 0 Å². The van der Waals surface area contributed by atoms with Crippen molar-refractivity contribution in [1.29, 1.82) is 0 Å². The lowest BCUT2D eigenvalue weighted by Gasteiger charge is -2.35. The van der Waals surface area contributed by atoms with Crippen LogP contribution >= 0.6 is 0 Å². The summed E-state index contributed by atoms with van der Waals surface area (Å²) in [5.74, 6) is 0.813. The van der Waals surface area contributed by atoms with E-state index >= 15 is 0 Å². The van der Waals surface area contributed by atoms with E-state index < -0.39 is 20.0 Å². The number of para-hydroxylation sites is 3. The monoisotopic (exact) mass is 515 g/mol. The fraction of sp³-hybridized carbons (Fsp3) is 0.280. The van der Waals surface area contributed by atoms with Gasteiger partial charge in [-0.25, -0.2) is 21.1 Å². The van der Waals surface area contributed by atoms with E-state index in [1.54, 1.807) is 12.1 Å². The molecule has 1 aliphatic rings. The SMILES string of the molecule is CN(C)S(=O)(=O)c1ccc(S(=O)(=O)Nc2ccccc2N2CCC[C@H](Oc3ccccc3)C2)cc1. The molecule has 1 heterocycles. The highest BCUT2D eigenvalue weighted by Crippen LogP contribution is 2.31. The number of ether oxygens (including phenoxy) is 1. The molecule has 1 saturated heterocycles. The van der Waals surface area contributed by atoms with Gasteiger partial charge in [-0.3, -0.25) is 4.72 Å². The van der Waals surface area contributed by atoms with E-state index in [0.29, 0.717) is 12.2 Å². The van der Waals surface area contributed by atoms with E-state index in [0.717, 1.165) is 35.1 Å². The number of hydrogen-bond donors (Lipinski definition) is 1. The fourth-order valence-corrected chi connectivity index (χ4v) is 5.96. The van der Waals surface area contributed by atoms with Crippen molar-refractivity contribution in [2.45, 2.75) is 28.7 Å². The molecule has 1 N–H and O–H groups in total. The van der Waals surface area contributed by atoms with Crippen molar-refractivity contribution in [3.8, 4) is 5.75 Å². The lowest BCUT2D eigenvalue weighted by atomic mass is 10.1. The van der Waals surface area contributed by atoms with Crippen molar-refractivity contribution in [2.75, 3.05) is 36.8 Å². The van der Waals surface area contributed by atoms with Crippen molar-refractivity contribution < 1.29 is 21.6 Å². The van der Waals surface area contributed by atoms with Crippen LogP contribution in [-0.2, 0) is 20.0 Å². The first-order chi connectivity index (χ1) is 16.7. The molecular weight excluding hydrogens is 486 g/mol. The Morgan fingerprint density at radius 3 is 2.17 bits per heavy atom. The molecule has 0 aliphatic carbocycles. The maximum Gasteiger partial charge on any atom is 0.261 e. The van der Waals surface area contributed by atoms with Gasteiger partial charge >= 0.3 is 0 Å². The second kappa shape index (κ2) is 10.3. The third-order valence-corrected chi connectivity index (χ3v) is 9.04. The number of rotatable bonds is 8. The molecule has 1 atom stereocenters. The van der Waals surface area contributed by atoms with Crippen LogP contribution in [-0.4, -0.2) is 54.4 Å². The standard InChI is InChI=1S/C25H29N3O5S2/c1-27(2)35(31,32)23-16-14-22(15-17-23)34(29,30)26-24-12-6-7-13-25(24)28-18-8-11-21(19-28)33-20-9-4-3-5-10-20/h3-7,9-10,12-17,21,26H,8,11,18-19H2,1-2H3/t21-/m0/s1. The molecule has 3 aromatic carbocycles. The quantitative estimate of drug-likeness (QED) is 0.491. The fourth-order valence-electron chi connectivity index (χ4n) is 3.99. The average Bonchev–Trinajstić information content (AvgIpc) is 2.85. The van der Waals surface area contributed by atoms with E-state index in [9.17, 15) is 16.8 Å². The van der Waals surface area contributed by atoms with Gasteiger partial charge in [0.1, 0.15) is 11.9 Å². The summed E-state index contributed by atoms with van der Waals surface area (Å²) in [7, 11) is -4.73. The zero-order valence-electron chi connectivity index (χ0n) is 19.7. The van der Waals surface area contributed by atoms with E-state index in [1.165, 1.54) is 38.4 Å². The maximum atomic E-state index is 13.1. The van der Waals surface area contributed by atoms with E-state index in [2.05, 4.69) is 9.62 Å². The van der Waals surface area contributed by atoms with E-state index in [-0.39, 0.29) is 15.9 Å². The van der Waals surface area contributed by atoms with Gasteiger partial charge in [0.25, 0.3) is 10.0 Å². The minimum atomic E-state index is -3.94. The van der Waals surface area contributed by atoms with Crippen LogP contribution in [0, 0.1) is 0 Å². The second-order valence-corrected chi connectivity index (χ2v) is 12.4. The van der Waals surface area contributed by atoms with Gasteiger partial charge in [-0.2, -0.15) is 0 Å². The Bertz CT molecular complexity index is 1360. The van der Waals surface area contributed by atoms with Gasteiger partial charge in [-0.05, 0) is 61.4 Å². The van der Waals surface area contributed by atoms with Crippen molar-refractivity contribution in [1.82, 2.24) is 4.31 Å². The molecule has 186 valence electrons. The van der Waals surface area contributed by atoms with Crippen LogP contribution in [0.5, 0.6) is 5.75 Å². The maximum absolute atomic E-state index is 13.1. The van der Waals surface area contributed by atoms with Crippen LogP contribution < -0.4 is 14.4 Å². The van der Waals surface area contributed by atoms with Gasteiger partial charge in [0.05, 0.1) is 27.7 Å². The number of benzene rings is 3. The summed E-state index contributed by atoms with van der Waals surface area (Å²) >= 11 is 0. The normalized spacial score (nSPS) is 16.8. The van der Waals surface area contributed by atoms with E-state index in [4.69, 9.17) is 4.74 Å². The summed E-state index contributed by atoms with van der Waals surface area (Å²) in [4.78, 5) is 2.13.